The van der Waals surface area contributed by atoms with Gasteiger partial charge in [0.05, 0.1) is 11.3 Å². The summed E-state index contributed by atoms with van der Waals surface area (Å²) >= 11 is 0. The summed E-state index contributed by atoms with van der Waals surface area (Å²) < 4.78 is 5.61. The molecule has 140 valence electrons. The van der Waals surface area contributed by atoms with Crippen LogP contribution in [0.4, 0.5) is 0 Å². The molecule has 1 fully saturated rings. The number of rotatable bonds is 13. The van der Waals surface area contributed by atoms with E-state index in [0.717, 1.165) is 25.7 Å². The second-order valence-corrected chi connectivity index (χ2v) is 7.08. The Morgan fingerprint density at radius 2 is 1.67 bits per heavy atom. The van der Waals surface area contributed by atoms with E-state index in [2.05, 4.69) is 6.92 Å². The summed E-state index contributed by atoms with van der Waals surface area (Å²) in [6.45, 7) is 3.19. The van der Waals surface area contributed by atoms with Crippen molar-refractivity contribution < 1.29 is 24.5 Å². The molecule has 0 aliphatic heterocycles. The fraction of sp³-hybridized carbons (Fsp3) is 0.895. The molecule has 2 atom stereocenters. The Labute approximate surface area is 145 Å². The van der Waals surface area contributed by atoms with Crippen LogP contribution in [-0.2, 0) is 14.3 Å². The van der Waals surface area contributed by atoms with Crippen LogP contribution in [0, 0.1) is 11.3 Å². The first-order chi connectivity index (χ1) is 11.5. The summed E-state index contributed by atoms with van der Waals surface area (Å²) in [7, 11) is 0. The maximum Gasteiger partial charge on any atom is 0.310 e. The van der Waals surface area contributed by atoms with Gasteiger partial charge in [-0.1, -0.05) is 58.3 Å². The highest BCUT2D eigenvalue weighted by Crippen LogP contribution is 2.44. The number of aliphatic carboxylic acids is 2. The minimum absolute atomic E-state index is 0.301. The monoisotopic (exact) mass is 342 g/mol. The fourth-order valence-corrected chi connectivity index (χ4v) is 3.78. The van der Waals surface area contributed by atoms with Gasteiger partial charge in [-0.05, 0) is 25.7 Å². The highest BCUT2D eigenvalue weighted by atomic mass is 16.5. The van der Waals surface area contributed by atoms with Gasteiger partial charge in [0, 0.05) is 13.2 Å². The molecule has 0 amide bonds. The van der Waals surface area contributed by atoms with Gasteiger partial charge in [0.15, 0.2) is 0 Å². The second kappa shape index (κ2) is 11.5. The van der Waals surface area contributed by atoms with Gasteiger partial charge in [-0.2, -0.15) is 0 Å². The third-order valence-corrected chi connectivity index (χ3v) is 5.34. The van der Waals surface area contributed by atoms with Crippen LogP contribution in [0.3, 0.4) is 0 Å². The minimum Gasteiger partial charge on any atom is -0.481 e. The summed E-state index contributed by atoms with van der Waals surface area (Å²) in [6.07, 6.45) is 11.3. The molecule has 0 spiro atoms. The number of ether oxygens (including phenoxy) is 1. The maximum absolute atomic E-state index is 11.8. The van der Waals surface area contributed by atoms with Crippen molar-refractivity contribution in [2.24, 2.45) is 11.3 Å². The summed E-state index contributed by atoms with van der Waals surface area (Å²) in [6, 6.07) is 0. The molecule has 0 aromatic rings. The molecular formula is C19H34O5. The largest absolute Gasteiger partial charge is 0.481 e. The van der Waals surface area contributed by atoms with Crippen molar-refractivity contribution in [3.05, 3.63) is 0 Å². The number of carboxylic acid groups (broad SMARTS) is 2. The maximum atomic E-state index is 11.8. The molecular weight excluding hydrogens is 308 g/mol. The van der Waals surface area contributed by atoms with E-state index < -0.39 is 23.3 Å². The van der Waals surface area contributed by atoms with Gasteiger partial charge in [-0.3, -0.25) is 9.59 Å². The third kappa shape index (κ3) is 6.42. The van der Waals surface area contributed by atoms with E-state index in [1.165, 1.54) is 32.1 Å². The highest BCUT2D eigenvalue weighted by Gasteiger charge is 2.50. The number of carbonyl (C=O) groups is 2. The Kier molecular flexibility index (Phi) is 9.99. The summed E-state index contributed by atoms with van der Waals surface area (Å²) in [4.78, 5) is 23.2. The SMILES string of the molecule is CCCCCCCCCOCCC1(C(=O)O)CCCCC1C(=O)O. The van der Waals surface area contributed by atoms with Gasteiger partial charge in [-0.15, -0.1) is 0 Å². The molecule has 1 rings (SSSR count). The van der Waals surface area contributed by atoms with Crippen LogP contribution in [0.2, 0.25) is 0 Å². The van der Waals surface area contributed by atoms with Crippen LogP contribution in [0.15, 0.2) is 0 Å². The van der Waals surface area contributed by atoms with E-state index in [-0.39, 0.29) is 0 Å². The van der Waals surface area contributed by atoms with E-state index in [1.807, 2.05) is 0 Å². The average Bonchev–Trinajstić information content (AvgIpc) is 2.56. The first-order valence-electron chi connectivity index (χ1n) is 9.58. The molecule has 0 aromatic carbocycles. The lowest BCUT2D eigenvalue weighted by atomic mass is 9.64. The van der Waals surface area contributed by atoms with Crippen LogP contribution in [-0.4, -0.2) is 35.4 Å². The summed E-state index contributed by atoms with van der Waals surface area (Å²) in [5.41, 5.74) is -1.15. The zero-order chi connectivity index (χ0) is 17.8. The molecule has 1 aliphatic carbocycles. The number of unbranched alkanes of at least 4 members (excludes halogenated alkanes) is 6. The van der Waals surface area contributed by atoms with Crippen molar-refractivity contribution in [2.45, 2.75) is 84.0 Å². The number of hydrogen-bond acceptors (Lipinski definition) is 3. The lowest BCUT2D eigenvalue weighted by Crippen LogP contribution is -2.45. The smallest absolute Gasteiger partial charge is 0.310 e. The minimum atomic E-state index is -1.15. The summed E-state index contributed by atoms with van der Waals surface area (Å²) in [5.74, 6) is -2.75. The lowest BCUT2D eigenvalue weighted by molar-refractivity contribution is -0.167. The van der Waals surface area contributed by atoms with Crippen molar-refractivity contribution in [1.82, 2.24) is 0 Å². The molecule has 24 heavy (non-hydrogen) atoms. The van der Waals surface area contributed by atoms with Gasteiger partial charge in [0.2, 0.25) is 0 Å². The van der Waals surface area contributed by atoms with Gasteiger partial charge in [0.25, 0.3) is 0 Å². The normalized spacial score (nSPS) is 24.0. The Bertz CT molecular complexity index is 382. The zero-order valence-corrected chi connectivity index (χ0v) is 15.1. The van der Waals surface area contributed by atoms with Crippen molar-refractivity contribution in [1.29, 1.82) is 0 Å². The molecule has 5 nitrogen and oxygen atoms in total. The predicted molar refractivity (Wildman–Crippen MR) is 93.1 cm³/mol. The topological polar surface area (TPSA) is 83.8 Å². The van der Waals surface area contributed by atoms with Crippen molar-refractivity contribution >= 4 is 11.9 Å². The standard InChI is InChI=1S/C19H34O5/c1-2-3-4-5-6-7-10-14-24-15-13-19(18(22)23)12-9-8-11-16(19)17(20)21/h16H,2-15H2,1H3,(H,20,21)(H,22,23). The molecule has 1 aliphatic rings. The van der Waals surface area contributed by atoms with Crippen molar-refractivity contribution in [3.8, 4) is 0 Å². The van der Waals surface area contributed by atoms with Crippen LogP contribution in [0.25, 0.3) is 0 Å². The molecule has 2 N–H and O–H groups in total. The van der Waals surface area contributed by atoms with Crippen molar-refractivity contribution in [3.63, 3.8) is 0 Å². The molecule has 0 heterocycles. The number of hydrogen-bond donors (Lipinski definition) is 2. The Balaban J connectivity index is 2.27. The number of carboxylic acids is 2. The van der Waals surface area contributed by atoms with E-state index in [1.54, 1.807) is 0 Å². The van der Waals surface area contributed by atoms with Crippen molar-refractivity contribution in [2.75, 3.05) is 13.2 Å². The Morgan fingerprint density at radius 3 is 2.29 bits per heavy atom. The average molecular weight is 342 g/mol. The van der Waals surface area contributed by atoms with E-state index in [9.17, 15) is 19.8 Å². The van der Waals surface area contributed by atoms with Gasteiger partial charge < -0.3 is 14.9 Å². The van der Waals surface area contributed by atoms with Crippen LogP contribution in [0.5, 0.6) is 0 Å². The quantitative estimate of drug-likeness (QED) is 0.482. The van der Waals surface area contributed by atoms with E-state index >= 15 is 0 Å². The van der Waals surface area contributed by atoms with Gasteiger partial charge >= 0.3 is 11.9 Å². The molecule has 2 unspecified atom stereocenters. The fourth-order valence-electron chi connectivity index (χ4n) is 3.78. The highest BCUT2D eigenvalue weighted by molar-refractivity contribution is 5.83. The zero-order valence-electron chi connectivity index (χ0n) is 15.1. The van der Waals surface area contributed by atoms with Gasteiger partial charge in [0.1, 0.15) is 0 Å². The lowest BCUT2D eigenvalue weighted by Gasteiger charge is -2.38. The predicted octanol–water partition coefficient (Wildman–Crippen LogP) is 4.49. The Morgan fingerprint density at radius 1 is 1.00 bits per heavy atom. The molecule has 5 heteroatoms. The first-order valence-corrected chi connectivity index (χ1v) is 9.58. The van der Waals surface area contributed by atoms with E-state index in [0.29, 0.717) is 32.5 Å². The molecule has 1 saturated carbocycles. The van der Waals surface area contributed by atoms with Gasteiger partial charge in [-0.25, -0.2) is 0 Å². The van der Waals surface area contributed by atoms with E-state index in [4.69, 9.17) is 4.74 Å². The first kappa shape index (κ1) is 20.9. The van der Waals surface area contributed by atoms with Crippen LogP contribution < -0.4 is 0 Å². The Hall–Kier alpha value is -1.10. The van der Waals surface area contributed by atoms with Crippen LogP contribution >= 0.6 is 0 Å². The summed E-state index contributed by atoms with van der Waals surface area (Å²) in [5, 5.41) is 19.0. The molecule has 0 aromatic heterocycles. The third-order valence-electron chi connectivity index (χ3n) is 5.34. The van der Waals surface area contributed by atoms with Crippen LogP contribution in [0.1, 0.15) is 84.0 Å². The second-order valence-electron chi connectivity index (χ2n) is 7.08. The molecule has 0 saturated heterocycles. The molecule has 0 bridgehead atoms. The molecule has 0 radical (unpaired) electrons.